The van der Waals surface area contributed by atoms with E-state index in [2.05, 4.69) is 78.9 Å². The van der Waals surface area contributed by atoms with Crippen LogP contribution >= 0.6 is 24.8 Å². The van der Waals surface area contributed by atoms with Gasteiger partial charge in [-0.2, -0.15) is 72.8 Å². The van der Waals surface area contributed by atoms with Crippen molar-refractivity contribution < 1.29 is 26.2 Å². The topological polar surface area (TPSA) is 0 Å². The number of benzene rings is 4. The maximum Gasteiger partial charge on any atom is 4.00 e. The van der Waals surface area contributed by atoms with Crippen LogP contribution in [0.5, 0.6) is 0 Å². The van der Waals surface area contributed by atoms with Crippen molar-refractivity contribution in [3.05, 3.63) is 153 Å². The van der Waals surface area contributed by atoms with E-state index in [0.29, 0.717) is 0 Å². The number of fused-ring (bicyclic) bond motifs is 3. The van der Waals surface area contributed by atoms with Crippen LogP contribution in [0.3, 0.4) is 0 Å². The quantitative estimate of drug-likeness (QED) is 0.179. The molecule has 0 saturated carbocycles. The van der Waals surface area contributed by atoms with Gasteiger partial charge in [0.1, 0.15) is 0 Å². The third-order valence-corrected chi connectivity index (χ3v) is 4.99. The molecule has 1 aliphatic carbocycles. The average molecular weight is 563 g/mol. The molecule has 5 aromatic rings. The van der Waals surface area contributed by atoms with Crippen LogP contribution in [0.15, 0.2) is 127 Å². The van der Waals surface area contributed by atoms with Crippen molar-refractivity contribution in [2.24, 2.45) is 0 Å². The second kappa shape index (κ2) is 17.2. The van der Waals surface area contributed by atoms with Crippen molar-refractivity contribution >= 4 is 51.9 Å². The summed E-state index contributed by atoms with van der Waals surface area (Å²) in [5.41, 5.74) is 2.81. The van der Waals surface area contributed by atoms with Gasteiger partial charge in [0.25, 0.3) is 0 Å². The molecule has 0 spiro atoms. The molecule has 0 atom stereocenters. The normalized spacial score (nSPS) is 10.5. The van der Waals surface area contributed by atoms with Gasteiger partial charge < -0.3 is 7.43 Å². The molecule has 0 unspecified atom stereocenters. The Kier molecular flexibility index (Phi) is 16.0. The Labute approximate surface area is 235 Å². The molecule has 5 aromatic carbocycles. The Bertz CT molecular complexity index is 1170. The fraction of sp³-hybridized carbons (Fsp3) is 0.0323. The zero-order valence-corrected chi connectivity index (χ0v) is 23.2. The van der Waals surface area contributed by atoms with Gasteiger partial charge in [-0.3, -0.25) is 0 Å². The summed E-state index contributed by atoms with van der Waals surface area (Å²) in [6, 6.07) is 42.6. The van der Waals surface area contributed by atoms with Gasteiger partial charge in [0, 0.05) is 0 Å². The summed E-state index contributed by atoms with van der Waals surface area (Å²) in [5.74, 6) is 0. The summed E-state index contributed by atoms with van der Waals surface area (Å²) in [4.78, 5) is 0. The minimum absolute atomic E-state index is 0. The van der Waals surface area contributed by atoms with Crippen LogP contribution in [-0.2, 0) is 26.2 Å². The van der Waals surface area contributed by atoms with Crippen molar-refractivity contribution in [1.29, 1.82) is 0 Å². The Morgan fingerprint density at radius 2 is 1.24 bits per heavy atom. The SMILES string of the molecule is C1=CCC(c2cccc3c2[cH-]c2ccccc23)=C1.Cl.Cl.[CH3-].[Zr+4].[c-]1ccccc1.[c-]1ccccc1. The van der Waals surface area contributed by atoms with Gasteiger partial charge in [0.15, 0.2) is 0 Å². The molecule has 0 fully saturated rings. The molecule has 6 rings (SSSR count). The van der Waals surface area contributed by atoms with E-state index in [0.717, 1.165) is 6.42 Å². The summed E-state index contributed by atoms with van der Waals surface area (Å²) >= 11 is 0. The molecule has 1 aliphatic rings. The van der Waals surface area contributed by atoms with E-state index in [9.17, 15) is 0 Å². The molecule has 0 aliphatic heterocycles. The van der Waals surface area contributed by atoms with Gasteiger partial charge in [-0.15, -0.1) is 58.5 Å². The maximum absolute atomic E-state index is 2.89. The smallest absolute Gasteiger partial charge is 0.358 e. The molecule has 0 aromatic heterocycles. The monoisotopic (exact) mass is 560 g/mol. The van der Waals surface area contributed by atoms with Crippen LogP contribution in [0.2, 0.25) is 0 Å². The minimum Gasteiger partial charge on any atom is -0.358 e. The van der Waals surface area contributed by atoms with Crippen LogP contribution in [0.25, 0.3) is 27.1 Å². The van der Waals surface area contributed by atoms with Crippen molar-refractivity contribution in [1.82, 2.24) is 0 Å². The summed E-state index contributed by atoms with van der Waals surface area (Å²) in [6.45, 7) is 0. The van der Waals surface area contributed by atoms with Gasteiger partial charge in [-0.05, 0) is 6.42 Å². The predicted molar refractivity (Wildman–Crippen MR) is 150 cm³/mol. The Morgan fingerprint density at radius 1 is 0.647 bits per heavy atom. The molecule has 34 heavy (non-hydrogen) atoms. The molecular weight excluding hydrogens is 534 g/mol. The zero-order valence-electron chi connectivity index (χ0n) is 19.1. The van der Waals surface area contributed by atoms with E-state index in [-0.39, 0.29) is 58.4 Å². The number of hydrogen-bond donors (Lipinski definition) is 0. The standard InChI is InChI=1S/C18H13.2C6H5.CH3.2ClH.Zr/c1-2-7-13(6-1)15-10-5-11-17-16-9-4-3-8-14(16)12-18(15)17;2*1-2-4-6-5-3-1;;;;/h1-6,8-12H,7H2;2*1-5H;1H3;2*1H;/q4*-1;;;+4. The zero-order chi connectivity index (χ0) is 20.4. The van der Waals surface area contributed by atoms with Gasteiger partial charge >= 0.3 is 26.2 Å². The second-order valence-electron chi connectivity index (χ2n) is 6.98. The molecule has 0 saturated heterocycles. The first-order valence-electron chi connectivity index (χ1n) is 10.2. The van der Waals surface area contributed by atoms with Crippen LogP contribution in [0.4, 0.5) is 0 Å². The van der Waals surface area contributed by atoms with Gasteiger partial charge in [0.05, 0.1) is 0 Å². The number of halogens is 2. The van der Waals surface area contributed by atoms with Crippen molar-refractivity contribution in [3.8, 4) is 0 Å². The van der Waals surface area contributed by atoms with E-state index in [1.165, 1.54) is 32.7 Å². The molecule has 0 amide bonds. The molecule has 0 bridgehead atoms. The average Bonchev–Trinajstić information content (AvgIpc) is 3.50. The number of rotatable bonds is 1. The molecule has 0 heterocycles. The molecule has 170 valence electrons. The predicted octanol–water partition coefficient (Wildman–Crippen LogP) is 9.32. The minimum atomic E-state index is 0. The summed E-state index contributed by atoms with van der Waals surface area (Å²) in [6.07, 6.45) is 7.65. The first kappa shape index (κ1) is 31.7. The Morgan fingerprint density at radius 3 is 1.74 bits per heavy atom. The molecule has 0 N–H and O–H groups in total. The fourth-order valence-corrected chi connectivity index (χ4v) is 3.59. The van der Waals surface area contributed by atoms with Crippen molar-refractivity contribution in [3.63, 3.8) is 0 Å². The van der Waals surface area contributed by atoms with Crippen LogP contribution in [0, 0.1) is 19.6 Å². The van der Waals surface area contributed by atoms with E-state index in [1.54, 1.807) is 0 Å². The molecule has 0 nitrogen and oxygen atoms in total. The van der Waals surface area contributed by atoms with Crippen LogP contribution < -0.4 is 0 Å². The Balaban J connectivity index is 0.000000575. The van der Waals surface area contributed by atoms with Crippen molar-refractivity contribution in [2.45, 2.75) is 6.42 Å². The number of allylic oxidation sites excluding steroid dienone is 4. The second-order valence-corrected chi connectivity index (χ2v) is 6.98. The van der Waals surface area contributed by atoms with Gasteiger partial charge in [-0.25, -0.2) is 0 Å². The molecular formula is C31H28Cl2Zr. The third kappa shape index (κ3) is 8.48. The summed E-state index contributed by atoms with van der Waals surface area (Å²) < 4.78 is 0. The first-order chi connectivity index (χ1) is 14.9. The maximum atomic E-state index is 2.89. The fourth-order valence-electron chi connectivity index (χ4n) is 3.59. The Hall–Kier alpha value is -2.31. The summed E-state index contributed by atoms with van der Waals surface area (Å²) in [7, 11) is 0. The largest absolute Gasteiger partial charge is 4.00 e. The van der Waals surface area contributed by atoms with E-state index < -0.39 is 0 Å². The van der Waals surface area contributed by atoms with E-state index in [1.807, 2.05) is 60.7 Å². The third-order valence-electron chi connectivity index (χ3n) is 4.99. The molecule has 3 heteroatoms. The van der Waals surface area contributed by atoms with Gasteiger partial charge in [0.2, 0.25) is 0 Å². The van der Waals surface area contributed by atoms with E-state index in [4.69, 9.17) is 0 Å². The van der Waals surface area contributed by atoms with Gasteiger partial charge in [-0.1, -0.05) is 65.8 Å². The van der Waals surface area contributed by atoms with Crippen LogP contribution in [-0.4, -0.2) is 0 Å². The first-order valence-corrected chi connectivity index (χ1v) is 10.2. The molecule has 0 radical (unpaired) electrons. The van der Waals surface area contributed by atoms with E-state index >= 15 is 0 Å². The van der Waals surface area contributed by atoms with Crippen molar-refractivity contribution in [2.75, 3.05) is 0 Å². The van der Waals surface area contributed by atoms with Crippen LogP contribution in [0.1, 0.15) is 12.0 Å². The number of hydrogen-bond acceptors (Lipinski definition) is 0. The summed E-state index contributed by atoms with van der Waals surface area (Å²) in [5, 5.41) is 5.46.